The number of rotatable bonds is 2. The molecule has 1 atom stereocenters. The highest BCUT2D eigenvalue weighted by atomic mass is 16.5. The van der Waals surface area contributed by atoms with Gasteiger partial charge in [-0.2, -0.15) is 0 Å². The minimum absolute atomic E-state index is 0.172. The van der Waals surface area contributed by atoms with Gasteiger partial charge in [0.05, 0.1) is 6.61 Å². The van der Waals surface area contributed by atoms with Crippen LogP contribution in [-0.4, -0.2) is 18.1 Å². The van der Waals surface area contributed by atoms with Crippen molar-refractivity contribution in [1.82, 2.24) is 0 Å². The molecular weight excluding hydrogens is 178 g/mol. The van der Waals surface area contributed by atoms with Crippen LogP contribution in [0.25, 0.3) is 0 Å². The van der Waals surface area contributed by atoms with Gasteiger partial charge in [0.1, 0.15) is 5.54 Å². The molecule has 0 aliphatic heterocycles. The molecule has 0 amide bonds. The number of ether oxygens (including phenoxy) is 1. The van der Waals surface area contributed by atoms with Crippen molar-refractivity contribution in [2.45, 2.75) is 44.6 Å². The predicted octanol–water partition coefficient (Wildman–Crippen LogP) is 1.46. The maximum Gasteiger partial charge on any atom is 0.326 e. The van der Waals surface area contributed by atoms with Crippen LogP contribution in [0.3, 0.4) is 0 Å². The zero-order valence-corrected chi connectivity index (χ0v) is 8.79. The molecule has 0 aromatic rings. The first-order valence-corrected chi connectivity index (χ1v) is 5.63. The van der Waals surface area contributed by atoms with E-state index in [4.69, 9.17) is 10.5 Å². The van der Waals surface area contributed by atoms with E-state index < -0.39 is 5.54 Å². The van der Waals surface area contributed by atoms with Gasteiger partial charge < -0.3 is 10.5 Å². The van der Waals surface area contributed by atoms with Crippen LogP contribution in [0, 0.1) is 11.8 Å². The molecule has 0 aromatic carbocycles. The van der Waals surface area contributed by atoms with E-state index in [1.54, 1.807) is 0 Å². The molecule has 14 heavy (non-hydrogen) atoms. The minimum atomic E-state index is -0.656. The zero-order valence-electron chi connectivity index (χ0n) is 8.79. The molecule has 3 fully saturated rings. The first-order chi connectivity index (χ1) is 6.66. The first-order valence-electron chi connectivity index (χ1n) is 5.63. The molecule has 1 unspecified atom stereocenters. The molecule has 0 radical (unpaired) electrons. The summed E-state index contributed by atoms with van der Waals surface area (Å²) < 4.78 is 5.07. The van der Waals surface area contributed by atoms with Gasteiger partial charge in [0.2, 0.25) is 0 Å². The molecular formula is C11H19NO2. The largest absolute Gasteiger partial charge is 0.465 e. The molecule has 2 N–H and O–H groups in total. The molecule has 0 spiro atoms. The Bertz CT molecular complexity index is 233. The van der Waals surface area contributed by atoms with Gasteiger partial charge in [-0.3, -0.25) is 4.79 Å². The standard InChI is InChI=1S/C11H19NO2/c1-2-14-10(13)11(12)7-8-3-5-9(11)6-4-8/h8-9H,2-7,12H2,1H3. The van der Waals surface area contributed by atoms with E-state index in [9.17, 15) is 4.79 Å². The summed E-state index contributed by atoms with van der Waals surface area (Å²) in [6.07, 6.45) is 5.57. The van der Waals surface area contributed by atoms with Gasteiger partial charge in [-0.1, -0.05) is 12.8 Å². The minimum Gasteiger partial charge on any atom is -0.465 e. The first kappa shape index (κ1) is 9.97. The summed E-state index contributed by atoms with van der Waals surface area (Å²) in [4.78, 5) is 11.8. The lowest BCUT2D eigenvalue weighted by atomic mass is 9.61. The topological polar surface area (TPSA) is 52.3 Å². The summed E-state index contributed by atoms with van der Waals surface area (Å²) >= 11 is 0. The molecule has 0 aromatic heterocycles. The van der Waals surface area contributed by atoms with E-state index >= 15 is 0 Å². The van der Waals surface area contributed by atoms with E-state index in [1.807, 2.05) is 6.92 Å². The summed E-state index contributed by atoms with van der Waals surface area (Å²) in [6.45, 7) is 2.28. The number of hydrogen-bond donors (Lipinski definition) is 1. The molecule has 3 heteroatoms. The fourth-order valence-electron chi connectivity index (χ4n) is 3.04. The Balaban J connectivity index is 2.11. The number of esters is 1. The van der Waals surface area contributed by atoms with Gasteiger partial charge in [0, 0.05) is 0 Å². The fourth-order valence-corrected chi connectivity index (χ4v) is 3.04. The summed E-state index contributed by atoms with van der Waals surface area (Å²) in [5.74, 6) is 0.857. The number of hydrogen-bond acceptors (Lipinski definition) is 3. The quantitative estimate of drug-likeness (QED) is 0.682. The van der Waals surface area contributed by atoms with E-state index in [0.29, 0.717) is 18.4 Å². The Kier molecular flexibility index (Phi) is 2.52. The molecule has 80 valence electrons. The lowest BCUT2D eigenvalue weighted by Gasteiger charge is -2.47. The zero-order chi connectivity index (χ0) is 10.2. The second-order valence-corrected chi connectivity index (χ2v) is 4.68. The van der Waals surface area contributed by atoms with Gasteiger partial charge in [0.25, 0.3) is 0 Å². The average Bonchev–Trinajstić information content (AvgIpc) is 2.19. The second-order valence-electron chi connectivity index (χ2n) is 4.68. The Labute approximate surface area is 85.0 Å². The second kappa shape index (κ2) is 3.54. The number of fused-ring (bicyclic) bond motifs is 3. The Hall–Kier alpha value is -0.570. The van der Waals surface area contributed by atoms with E-state index in [0.717, 1.165) is 19.3 Å². The highest BCUT2D eigenvalue weighted by molar-refractivity contribution is 5.81. The van der Waals surface area contributed by atoms with Crippen molar-refractivity contribution >= 4 is 5.97 Å². The monoisotopic (exact) mass is 197 g/mol. The third-order valence-corrected chi connectivity index (χ3v) is 3.86. The smallest absolute Gasteiger partial charge is 0.326 e. The van der Waals surface area contributed by atoms with E-state index in [1.165, 1.54) is 12.8 Å². The number of nitrogens with two attached hydrogens (primary N) is 1. The van der Waals surface area contributed by atoms with Crippen LogP contribution in [-0.2, 0) is 9.53 Å². The molecule has 3 saturated carbocycles. The Morgan fingerprint density at radius 1 is 1.43 bits per heavy atom. The average molecular weight is 197 g/mol. The molecule has 0 saturated heterocycles. The maximum atomic E-state index is 11.8. The van der Waals surface area contributed by atoms with Crippen molar-refractivity contribution in [2.75, 3.05) is 6.61 Å². The number of carbonyl (C=O) groups is 1. The SMILES string of the molecule is CCOC(=O)C1(N)CC2CCC1CC2. The highest BCUT2D eigenvalue weighted by Crippen LogP contribution is 2.46. The normalized spacial score (nSPS) is 41.0. The highest BCUT2D eigenvalue weighted by Gasteiger charge is 2.50. The summed E-state index contributed by atoms with van der Waals surface area (Å²) in [5.41, 5.74) is 5.54. The fraction of sp³-hybridized carbons (Fsp3) is 0.909. The van der Waals surface area contributed by atoms with Crippen molar-refractivity contribution in [2.24, 2.45) is 17.6 Å². The van der Waals surface area contributed by atoms with Crippen molar-refractivity contribution in [3.05, 3.63) is 0 Å². The van der Waals surface area contributed by atoms with Crippen molar-refractivity contribution in [3.8, 4) is 0 Å². The molecule has 0 heterocycles. The van der Waals surface area contributed by atoms with E-state index in [2.05, 4.69) is 0 Å². The van der Waals surface area contributed by atoms with Gasteiger partial charge >= 0.3 is 5.97 Å². The van der Waals surface area contributed by atoms with Crippen LogP contribution in [0.15, 0.2) is 0 Å². The van der Waals surface area contributed by atoms with Crippen LogP contribution in [0.1, 0.15) is 39.0 Å². The summed E-state index contributed by atoms with van der Waals surface area (Å²) in [6, 6.07) is 0. The van der Waals surface area contributed by atoms with Gasteiger partial charge in [-0.05, 0) is 38.0 Å². The third-order valence-electron chi connectivity index (χ3n) is 3.86. The van der Waals surface area contributed by atoms with Crippen LogP contribution in [0.2, 0.25) is 0 Å². The van der Waals surface area contributed by atoms with Gasteiger partial charge in [0.15, 0.2) is 0 Å². The maximum absolute atomic E-state index is 11.8. The van der Waals surface area contributed by atoms with Crippen LogP contribution in [0.4, 0.5) is 0 Å². The third kappa shape index (κ3) is 1.44. The predicted molar refractivity (Wildman–Crippen MR) is 53.6 cm³/mol. The molecule has 3 rings (SSSR count). The van der Waals surface area contributed by atoms with Crippen LogP contribution in [0.5, 0.6) is 0 Å². The van der Waals surface area contributed by atoms with E-state index in [-0.39, 0.29) is 5.97 Å². The summed E-state index contributed by atoms with van der Waals surface area (Å²) in [5, 5.41) is 0. The molecule has 3 nitrogen and oxygen atoms in total. The van der Waals surface area contributed by atoms with Crippen molar-refractivity contribution < 1.29 is 9.53 Å². The lowest BCUT2D eigenvalue weighted by Crippen LogP contribution is -2.60. The van der Waals surface area contributed by atoms with Crippen LogP contribution >= 0.6 is 0 Å². The summed E-state index contributed by atoms with van der Waals surface area (Å²) in [7, 11) is 0. The van der Waals surface area contributed by atoms with Crippen LogP contribution < -0.4 is 5.73 Å². The molecule has 3 aliphatic rings. The number of carbonyl (C=O) groups excluding carboxylic acids is 1. The molecule has 2 bridgehead atoms. The Morgan fingerprint density at radius 2 is 2.07 bits per heavy atom. The Morgan fingerprint density at radius 3 is 2.50 bits per heavy atom. The lowest BCUT2D eigenvalue weighted by molar-refractivity contribution is -0.156. The molecule has 3 aliphatic carbocycles. The van der Waals surface area contributed by atoms with Gasteiger partial charge in [-0.15, -0.1) is 0 Å². The van der Waals surface area contributed by atoms with Gasteiger partial charge in [-0.25, -0.2) is 0 Å². The van der Waals surface area contributed by atoms with Crippen molar-refractivity contribution in [3.63, 3.8) is 0 Å². The van der Waals surface area contributed by atoms with Crippen molar-refractivity contribution in [1.29, 1.82) is 0 Å².